The van der Waals surface area contributed by atoms with Crippen molar-refractivity contribution in [1.29, 1.82) is 0 Å². The van der Waals surface area contributed by atoms with Gasteiger partial charge in [-0.3, -0.25) is 4.79 Å². The highest BCUT2D eigenvalue weighted by atomic mass is 32.1. The monoisotopic (exact) mass is 398 g/mol. The van der Waals surface area contributed by atoms with Crippen LogP contribution in [0.1, 0.15) is 28.8 Å². The SMILES string of the molecule is COC(=O)c1c(-c2ccc(C)cc2)csc1NC(=O)[C@H]1CC=CC[C@@H]1C(=O)[O-]. The average molecular weight is 398 g/mol. The van der Waals surface area contributed by atoms with Gasteiger partial charge in [-0.05, 0) is 25.3 Å². The number of amides is 1. The number of esters is 1. The Bertz CT molecular complexity index is 929. The van der Waals surface area contributed by atoms with Crippen molar-refractivity contribution in [3.63, 3.8) is 0 Å². The van der Waals surface area contributed by atoms with E-state index in [0.717, 1.165) is 11.1 Å². The number of thiophene rings is 1. The number of aryl methyl sites for hydroxylation is 1. The molecule has 3 rings (SSSR count). The van der Waals surface area contributed by atoms with Gasteiger partial charge in [0.05, 0.1) is 13.0 Å². The quantitative estimate of drug-likeness (QED) is 0.617. The van der Waals surface area contributed by atoms with Gasteiger partial charge in [-0.1, -0.05) is 42.0 Å². The van der Waals surface area contributed by atoms with Crippen molar-refractivity contribution >= 4 is 34.2 Å². The first-order valence-corrected chi connectivity index (χ1v) is 9.74. The second-order valence-electron chi connectivity index (χ2n) is 6.68. The van der Waals surface area contributed by atoms with Gasteiger partial charge in [0.1, 0.15) is 10.6 Å². The fourth-order valence-electron chi connectivity index (χ4n) is 3.27. The molecule has 0 aliphatic heterocycles. The third kappa shape index (κ3) is 3.99. The molecule has 1 heterocycles. The van der Waals surface area contributed by atoms with Gasteiger partial charge >= 0.3 is 5.97 Å². The molecule has 1 aromatic heterocycles. The minimum atomic E-state index is -1.25. The fraction of sp³-hybridized carbons (Fsp3) is 0.286. The van der Waals surface area contributed by atoms with Gasteiger partial charge in [0.2, 0.25) is 5.91 Å². The molecule has 0 spiro atoms. The molecule has 1 aromatic carbocycles. The van der Waals surface area contributed by atoms with Crippen molar-refractivity contribution in [2.45, 2.75) is 19.8 Å². The van der Waals surface area contributed by atoms with E-state index in [9.17, 15) is 19.5 Å². The van der Waals surface area contributed by atoms with Crippen molar-refractivity contribution in [2.24, 2.45) is 11.8 Å². The summed E-state index contributed by atoms with van der Waals surface area (Å²) in [5.41, 5.74) is 2.84. The predicted octanol–water partition coefficient (Wildman–Crippen LogP) is 2.78. The number of carboxylic acid groups (broad SMARTS) is 1. The molecular formula is C21H20NO5S-. The molecule has 0 saturated carbocycles. The van der Waals surface area contributed by atoms with Crippen LogP contribution in [0.5, 0.6) is 0 Å². The Hall–Kier alpha value is -2.93. The van der Waals surface area contributed by atoms with E-state index >= 15 is 0 Å². The topological polar surface area (TPSA) is 95.5 Å². The lowest BCUT2D eigenvalue weighted by atomic mass is 9.82. The molecule has 1 amide bonds. The highest BCUT2D eigenvalue weighted by Gasteiger charge is 2.31. The maximum atomic E-state index is 12.8. The molecular weight excluding hydrogens is 378 g/mol. The smallest absolute Gasteiger partial charge is 0.341 e. The number of carboxylic acids is 1. The maximum absolute atomic E-state index is 12.8. The first kappa shape index (κ1) is 19.8. The van der Waals surface area contributed by atoms with Crippen LogP contribution >= 0.6 is 11.3 Å². The number of anilines is 1. The van der Waals surface area contributed by atoms with Crippen LogP contribution in [0.4, 0.5) is 5.00 Å². The first-order chi connectivity index (χ1) is 13.4. The zero-order chi connectivity index (χ0) is 20.3. The van der Waals surface area contributed by atoms with E-state index in [4.69, 9.17) is 4.74 Å². The summed E-state index contributed by atoms with van der Waals surface area (Å²) < 4.78 is 4.91. The molecule has 2 aromatic rings. The number of ether oxygens (including phenoxy) is 1. The van der Waals surface area contributed by atoms with Crippen LogP contribution in [0.15, 0.2) is 41.8 Å². The molecule has 1 aliphatic carbocycles. The number of carbonyl (C=O) groups is 3. The van der Waals surface area contributed by atoms with E-state index in [1.165, 1.54) is 18.4 Å². The molecule has 1 N–H and O–H groups in total. The lowest BCUT2D eigenvalue weighted by molar-refractivity contribution is -0.313. The lowest BCUT2D eigenvalue weighted by Crippen LogP contribution is -2.41. The van der Waals surface area contributed by atoms with Crippen LogP contribution in [0.2, 0.25) is 0 Å². The summed E-state index contributed by atoms with van der Waals surface area (Å²) in [6.07, 6.45) is 4.10. The molecule has 6 nitrogen and oxygen atoms in total. The van der Waals surface area contributed by atoms with E-state index in [1.54, 1.807) is 17.5 Å². The summed E-state index contributed by atoms with van der Waals surface area (Å²) in [5, 5.41) is 16.2. The molecule has 28 heavy (non-hydrogen) atoms. The van der Waals surface area contributed by atoms with Crippen molar-refractivity contribution in [3.8, 4) is 11.1 Å². The number of methoxy groups -OCH3 is 1. The van der Waals surface area contributed by atoms with E-state index in [1.807, 2.05) is 31.2 Å². The normalized spacial score (nSPS) is 18.5. The molecule has 1 aliphatic rings. The largest absolute Gasteiger partial charge is 0.550 e. The van der Waals surface area contributed by atoms with Gasteiger partial charge in [0, 0.05) is 22.8 Å². The minimum Gasteiger partial charge on any atom is -0.550 e. The third-order valence-electron chi connectivity index (χ3n) is 4.85. The summed E-state index contributed by atoms with van der Waals surface area (Å²) in [6, 6.07) is 7.66. The van der Waals surface area contributed by atoms with Crippen molar-refractivity contribution in [2.75, 3.05) is 12.4 Å². The molecule has 146 valence electrons. The Morgan fingerprint density at radius 1 is 1.11 bits per heavy atom. The molecule has 0 bridgehead atoms. The van der Waals surface area contributed by atoms with Gasteiger partial charge in [0.25, 0.3) is 0 Å². The zero-order valence-electron chi connectivity index (χ0n) is 15.6. The van der Waals surface area contributed by atoms with Crippen molar-refractivity contribution in [1.82, 2.24) is 0 Å². The summed E-state index contributed by atoms with van der Waals surface area (Å²) in [6.45, 7) is 1.97. The Balaban J connectivity index is 1.92. The van der Waals surface area contributed by atoms with Crippen LogP contribution < -0.4 is 10.4 Å². The highest BCUT2D eigenvalue weighted by Crippen LogP contribution is 2.37. The Kier molecular flexibility index (Phi) is 5.94. The molecule has 0 saturated heterocycles. The number of hydrogen-bond donors (Lipinski definition) is 1. The molecule has 7 heteroatoms. The molecule has 0 radical (unpaired) electrons. The predicted molar refractivity (Wildman–Crippen MR) is 105 cm³/mol. The third-order valence-corrected chi connectivity index (χ3v) is 5.75. The van der Waals surface area contributed by atoms with E-state index in [2.05, 4.69) is 5.32 Å². The van der Waals surface area contributed by atoms with Gasteiger partial charge in [-0.25, -0.2) is 4.79 Å². The Morgan fingerprint density at radius 2 is 1.75 bits per heavy atom. The second-order valence-corrected chi connectivity index (χ2v) is 7.55. The van der Waals surface area contributed by atoms with Crippen molar-refractivity contribution in [3.05, 3.63) is 52.9 Å². The van der Waals surface area contributed by atoms with Crippen LogP contribution in [0.3, 0.4) is 0 Å². The standard InChI is InChI=1S/C21H21NO5S/c1-12-7-9-13(10-8-12)16-11-28-19(17(16)21(26)27-2)22-18(23)14-5-3-4-6-15(14)20(24)25/h3-4,7-11,14-15H,5-6H2,1-2H3,(H,22,23)(H,24,25)/p-1/t14-,15-/m0/s1. The van der Waals surface area contributed by atoms with Crippen LogP contribution in [0, 0.1) is 18.8 Å². The molecule has 0 fully saturated rings. The summed E-state index contributed by atoms with van der Waals surface area (Å²) in [4.78, 5) is 36.5. The van der Waals surface area contributed by atoms with Gasteiger partial charge in [-0.15, -0.1) is 11.3 Å². The Morgan fingerprint density at radius 3 is 2.36 bits per heavy atom. The number of aliphatic carboxylic acids is 1. The maximum Gasteiger partial charge on any atom is 0.341 e. The number of allylic oxidation sites excluding steroid dienone is 2. The van der Waals surface area contributed by atoms with E-state index in [-0.39, 0.29) is 12.0 Å². The van der Waals surface area contributed by atoms with Gasteiger partial charge < -0.3 is 20.0 Å². The Labute approximate surface area is 166 Å². The lowest BCUT2D eigenvalue weighted by Gasteiger charge is -2.28. The number of nitrogens with one attached hydrogen (secondary N) is 1. The van der Waals surface area contributed by atoms with Gasteiger partial charge in [-0.2, -0.15) is 0 Å². The van der Waals surface area contributed by atoms with Gasteiger partial charge in [0.15, 0.2) is 0 Å². The molecule has 2 atom stereocenters. The number of hydrogen-bond acceptors (Lipinski definition) is 6. The summed E-state index contributed by atoms with van der Waals surface area (Å²) in [5.74, 6) is -3.88. The minimum absolute atomic E-state index is 0.253. The van der Waals surface area contributed by atoms with Crippen molar-refractivity contribution < 1.29 is 24.2 Å². The first-order valence-electron chi connectivity index (χ1n) is 8.86. The van der Waals surface area contributed by atoms with E-state index in [0.29, 0.717) is 17.0 Å². The molecule has 0 unspecified atom stereocenters. The van der Waals surface area contributed by atoms with E-state index < -0.39 is 29.7 Å². The fourth-order valence-corrected chi connectivity index (χ4v) is 4.23. The summed E-state index contributed by atoms with van der Waals surface area (Å²) in [7, 11) is 1.28. The highest BCUT2D eigenvalue weighted by molar-refractivity contribution is 7.15. The zero-order valence-corrected chi connectivity index (χ0v) is 16.4. The van der Waals surface area contributed by atoms with Crippen LogP contribution in [0.25, 0.3) is 11.1 Å². The number of carbonyl (C=O) groups excluding carboxylic acids is 3. The van der Waals surface area contributed by atoms with Crippen LogP contribution in [-0.2, 0) is 14.3 Å². The second kappa shape index (κ2) is 8.39. The number of benzene rings is 1. The average Bonchev–Trinajstić information content (AvgIpc) is 3.11. The number of rotatable bonds is 5. The van der Waals surface area contributed by atoms with Crippen LogP contribution in [-0.4, -0.2) is 25.0 Å². The summed E-state index contributed by atoms with van der Waals surface area (Å²) >= 11 is 1.21.